The zero-order valence-corrected chi connectivity index (χ0v) is 8.93. The summed E-state index contributed by atoms with van der Waals surface area (Å²) in [6, 6.07) is 0. The summed E-state index contributed by atoms with van der Waals surface area (Å²) in [6.45, 7) is 10.1. The molecular formula is C12H19N. The lowest BCUT2D eigenvalue weighted by atomic mass is 9.98. The molecule has 0 aromatic heterocycles. The van der Waals surface area contributed by atoms with E-state index < -0.39 is 0 Å². The van der Waals surface area contributed by atoms with Gasteiger partial charge in [0, 0.05) is 18.5 Å². The molecule has 2 unspecified atom stereocenters. The van der Waals surface area contributed by atoms with E-state index >= 15 is 0 Å². The standard InChI is InChI=1S/C12H19N/c1-12(2,3)5-4-6-13-8-10-7-11(10)9-13/h10-11H,6-9H2,1-3H3. The van der Waals surface area contributed by atoms with Crippen LogP contribution >= 0.6 is 0 Å². The smallest absolute Gasteiger partial charge is 0.0601 e. The van der Waals surface area contributed by atoms with Crippen molar-refractivity contribution in [3.05, 3.63) is 0 Å². The minimum atomic E-state index is 0.169. The van der Waals surface area contributed by atoms with Gasteiger partial charge in [-0.25, -0.2) is 0 Å². The molecule has 0 aromatic rings. The van der Waals surface area contributed by atoms with Crippen molar-refractivity contribution in [2.75, 3.05) is 19.6 Å². The Labute approximate surface area is 81.5 Å². The Morgan fingerprint density at radius 3 is 2.38 bits per heavy atom. The lowest BCUT2D eigenvalue weighted by Gasteiger charge is -2.13. The molecule has 0 N–H and O–H groups in total. The fourth-order valence-electron chi connectivity index (χ4n) is 2.04. The molecule has 1 aliphatic heterocycles. The maximum atomic E-state index is 3.29. The highest BCUT2D eigenvalue weighted by Gasteiger charge is 2.44. The Bertz CT molecular complexity index is 241. The van der Waals surface area contributed by atoms with Crippen LogP contribution < -0.4 is 0 Å². The fourth-order valence-corrected chi connectivity index (χ4v) is 2.04. The Balaban J connectivity index is 1.75. The second-order valence-electron chi connectivity index (χ2n) is 5.50. The molecule has 1 heteroatoms. The predicted octanol–water partition coefficient (Wildman–Crippen LogP) is 1.99. The molecule has 0 amide bonds. The summed E-state index contributed by atoms with van der Waals surface area (Å²) >= 11 is 0. The monoisotopic (exact) mass is 177 g/mol. The van der Waals surface area contributed by atoms with E-state index in [1.165, 1.54) is 19.5 Å². The van der Waals surface area contributed by atoms with Crippen molar-refractivity contribution < 1.29 is 0 Å². The number of nitrogens with zero attached hydrogens (tertiary/aromatic N) is 1. The first-order chi connectivity index (χ1) is 6.04. The second-order valence-corrected chi connectivity index (χ2v) is 5.50. The van der Waals surface area contributed by atoms with Crippen molar-refractivity contribution in [1.29, 1.82) is 0 Å². The van der Waals surface area contributed by atoms with Gasteiger partial charge in [-0.1, -0.05) is 11.8 Å². The zero-order chi connectivity index (χ0) is 9.47. The number of rotatable bonds is 1. The average Bonchev–Trinajstić information content (AvgIpc) is 2.57. The first kappa shape index (κ1) is 9.09. The third-order valence-corrected chi connectivity index (χ3v) is 2.82. The molecule has 2 atom stereocenters. The van der Waals surface area contributed by atoms with Gasteiger partial charge in [0.15, 0.2) is 0 Å². The van der Waals surface area contributed by atoms with Crippen molar-refractivity contribution in [3.63, 3.8) is 0 Å². The molecule has 2 aliphatic rings. The third-order valence-electron chi connectivity index (χ3n) is 2.82. The van der Waals surface area contributed by atoms with Crippen LogP contribution in [-0.4, -0.2) is 24.5 Å². The van der Waals surface area contributed by atoms with Crippen molar-refractivity contribution in [1.82, 2.24) is 4.90 Å². The Kier molecular flexibility index (Phi) is 2.12. The molecule has 2 fully saturated rings. The first-order valence-electron chi connectivity index (χ1n) is 5.27. The molecule has 1 saturated heterocycles. The lowest BCUT2D eigenvalue weighted by molar-refractivity contribution is 0.342. The number of likely N-dealkylation sites (tertiary alicyclic amines) is 1. The maximum absolute atomic E-state index is 3.29. The SMILES string of the molecule is CC(C)(C)C#CCN1CC2CC2C1. The van der Waals surface area contributed by atoms with Gasteiger partial charge in [-0.2, -0.15) is 0 Å². The average molecular weight is 177 g/mol. The maximum Gasteiger partial charge on any atom is 0.0601 e. The summed E-state index contributed by atoms with van der Waals surface area (Å²) in [5.41, 5.74) is 0.169. The van der Waals surface area contributed by atoms with Crippen LogP contribution in [0.2, 0.25) is 0 Å². The van der Waals surface area contributed by atoms with Crippen LogP contribution in [0.4, 0.5) is 0 Å². The van der Waals surface area contributed by atoms with Gasteiger partial charge in [-0.15, -0.1) is 0 Å². The van der Waals surface area contributed by atoms with Crippen molar-refractivity contribution in [2.24, 2.45) is 17.3 Å². The predicted molar refractivity (Wildman–Crippen MR) is 55.3 cm³/mol. The number of hydrogen-bond acceptors (Lipinski definition) is 1. The van der Waals surface area contributed by atoms with E-state index in [2.05, 4.69) is 37.5 Å². The highest BCUT2D eigenvalue weighted by Crippen LogP contribution is 2.44. The van der Waals surface area contributed by atoms with Gasteiger partial charge in [-0.05, 0) is 39.0 Å². The molecule has 13 heavy (non-hydrogen) atoms. The van der Waals surface area contributed by atoms with Gasteiger partial charge < -0.3 is 0 Å². The van der Waals surface area contributed by atoms with Gasteiger partial charge in [0.25, 0.3) is 0 Å². The Hall–Kier alpha value is -0.480. The van der Waals surface area contributed by atoms with Gasteiger partial charge >= 0.3 is 0 Å². The van der Waals surface area contributed by atoms with Crippen LogP contribution in [0.25, 0.3) is 0 Å². The highest BCUT2D eigenvalue weighted by molar-refractivity contribution is 5.10. The van der Waals surface area contributed by atoms with Crippen LogP contribution in [0.5, 0.6) is 0 Å². The molecule has 0 spiro atoms. The van der Waals surface area contributed by atoms with E-state index in [1.807, 2.05) is 0 Å². The van der Waals surface area contributed by atoms with E-state index in [0.29, 0.717) is 0 Å². The normalized spacial score (nSPS) is 32.2. The molecular weight excluding hydrogens is 158 g/mol. The summed E-state index contributed by atoms with van der Waals surface area (Å²) in [5, 5.41) is 0. The van der Waals surface area contributed by atoms with E-state index in [1.54, 1.807) is 0 Å². The van der Waals surface area contributed by atoms with Gasteiger partial charge in [-0.3, -0.25) is 4.90 Å². The molecule has 1 aliphatic carbocycles. The van der Waals surface area contributed by atoms with E-state index in [4.69, 9.17) is 0 Å². The van der Waals surface area contributed by atoms with Crippen molar-refractivity contribution in [2.45, 2.75) is 27.2 Å². The summed E-state index contributed by atoms with van der Waals surface area (Å²) in [7, 11) is 0. The van der Waals surface area contributed by atoms with Crippen LogP contribution in [-0.2, 0) is 0 Å². The van der Waals surface area contributed by atoms with E-state index in [9.17, 15) is 0 Å². The minimum Gasteiger partial charge on any atom is -0.292 e. The van der Waals surface area contributed by atoms with Crippen molar-refractivity contribution >= 4 is 0 Å². The Morgan fingerprint density at radius 2 is 1.85 bits per heavy atom. The topological polar surface area (TPSA) is 3.24 Å². The second kappa shape index (κ2) is 3.03. The Morgan fingerprint density at radius 1 is 1.23 bits per heavy atom. The third kappa shape index (κ3) is 2.48. The zero-order valence-electron chi connectivity index (χ0n) is 8.93. The van der Waals surface area contributed by atoms with Gasteiger partial charge in [0.1, 0.15) is 0 Å². The summed E-state index contributed by atoms with van der Waals surface area (Å²) in [5.74, 6) is 8.65. The fraction of sp³-hybridized carbons (Fsp3) is 0.833. The molecule has 1 nitrogen and oxygen atoms in total. The minimum absolute atomic E-state index is 0.169. The van der Waals surface area contributed by atoms with Crippen molar-refractivity contribution in [3.8, 4) is 11.8 Å². The molecule has 2 rings (SSSR count). The molecule has 0 bridgehead atoms. The lowest BCUT2D eigenvalue weighted by Crippen LogP contribution is -2.23. The van der Waals surface area contributed by atoms with Crippen LogP contribution in [0.3, 0.4) is 0 Å². The number of fused-ring (bicyclic) bond motifs is 1. The van der Waals surface area contributed by atoms with Crippen LogP contribution in [0, 0.1) is 29.1 Å². The van der Waals surface area contributed by atoms with Crippen LogP contribution in [0.15, 0.2) is 0 Å². The van der Waals surface area contributed by atoms with E-state index in [-0.39, 0.29) is 5.41 Å². The van der Waals surface area contributed by atoms with Crippen LogP contribution in [0.1, 0.15) is 27.2 Å². The molecule has 0 radical (unpaired) electrons. The first-order valence-corrected chi connectivity index (χ1v) is 5.27. The molecule has 72 valence electrons. The largest absolute Gasteiger partial charge is 0.292 e. The number of piperidine rings is 1. The molecule has 1 saturated carbocycles. The highest BCUT2D eigenvalue weighted by atomic mass is 15.2. The summed E-state index contributed by atoms with van der Waals surface area (Å²) < 4.78 is 0. The van der Waals surface area contributed by atoms with Gasteiger partial charge in [0.05, 0.1) is 6.54 Å². The molecule has 0 aromatic carbocycles. The summed E-state index contributed by atoms with van der Waals surface area (Å²) in [6.07, 6.45) is 1.49. The molecule has 1 heterocycles. The van der Waals surface area contributed by atoms with E-state index in [0.717, 1.165) is 18.4 Å². The summed E-state index contributed by atoms with van der Waals surface area (Å²) in [4.78, 5) is 2.50. The number of hydrogen-bond donors (Lipinski definition) is 0. The quantitative estimate of drug-likeness (QED) is 0.554. The van der Waals surface area contributed by atoms with Gasteiger partial charge in [0.2, 0.25) is 0 Å².